The zero-order valence-electron chi connectivity index (χ0n) is 9.55. The van der Waals surface area contributed by atoms with E-state index < -0.39 is 0 Å². The molecule has 0 aliphatic carbocycles. The third kappa shape index (κ3) is 3.78. The van der Waals surface area contributed by atoms with Gasteiger partial charge in [-0.15, -0.1) is 0 Å². The van der Waals surface area contributed by atoms with Crippen molar-refractivity contribution in [3.05, 3.63) is 29.8 Å². The lowest BCUT2D eigenvalue weighted by atomic mass is 10.2. The van der Waals surface area contributed by atoms with Gasteiger partial charge in [0, 0.05) is 6.54 Å². The Morgan fingerprint density at radius 2 is 2.31 bits per heavy atom. The van der Waals surface area contributed by atoms with Gasteiger partial charge in [-0.25, -0.2) is 0 Å². The van der Waals surface area contributed by atoms with E-state index in [0.29, 0.717) is 13.1 Å². The Morgan fingerprint density at radius 1 is 1.56 bits per heavy atom. The molecule has 0 fully saturated rings. The molecule has 0 spiro atoms. The summed E-state index contributed by atoms with van der Waals surface area (Å²) in [6.45, 7) is 1.14. The lowest BCUT2D eigenvalue weighted by Crippen LogP contribution is -2.30. The second-order valence-corrected chi connectivity index (χ2v) is 3.62. The van der Waals surface area contributed by atoms with Crippen LogP contribution in [0.5, 0.6) is 5.75 Å². The fourth-order valence-corrected chi connectivity index (χ4v) is 1.45. The highest BCUT2D eigenvalue weighted by Gasteiger charge is 2.03. The molecule has 5 heteroatoms. The standard InChI is InChI=1S/C11H17N3O2/c1-14(8-11(12)13-15)7-9-4-3-5-10(6-9)16-2/h3-6,15H,7-8H2,1-2H3,(H2,12,13). The van der Waals surface area contributed by atoms with Crippen molar-refractivity contribution < 1.29 is 9.94 Å². The molecule has 16 heavy (non-hydrogen) atoms. The molecule has 1 aromatic rings. The van der Waals surface area contributed by atoms with Gasteiger partial charge in [-0.2, -0.15) is 0 Å². The smallest absolute Gasteiger partial charge is 0.153 e. The van der Waals surface area contributed by atoms with Crippen molar-refractivity contribution in [3.8, 4) is 5.75 Å². The van der Waals surface area contributed by atoms with E-state index in [1.807, 2.05) is 36.2 Å². The average molecular weight is 223 g/mol. The van der Waals surface area contributed by atoms with E-state index in [4.69, 9.17) is 15.7 Å². The van der Waals surface area contributed by atoms with Gasteiger partial charge in [0.15, 0.2) is 5.84 Å². The first-order valence-electron chi connectivity index (χ1n) is 4.93. The molecule has 0 aromatic heterocycles. The van der Waals surface area contributed by atoms with Crippen LogP contribution in [0.3, 0.4) is 0 Å². The number of hydrogen-bond acceptors (Lipinski definition) is 4. The van der Waals surface area contributed by atoms with E-state index in [9.17, 15) is 0 Å². The van der Waals surface area contributed by atoms with Crippen molar-refractivity contribution in [1.29, 1.82) is 0 Å². The van der Waals surface area contributed by atoms with Crippen molar-refractivity contribution >= 4 is 5.84 Å². The lowest BCUT2D eigenvalue weighted by molar-refractivity contribution is 0.308. The Bertz CT molecular complexity index is 366. The number of methoxy groups -OCH3 is 1. The van der Waals surface area contributed by atoms with Crippen LogP contribution in [-0.2, 0) is 6.54 Å². The van der Waals surface area contributed by atoms with E-state index in [0.717, 1.165) is 11.3 Å². The first kappa shape index (κ1) is 12.3. The Hall–Kier alpha value is -1.75. The van der Waals surface area contributed by atoms with Crippen LogP contribution in [0.15, 0.2) is 29.4 Å². The quantitative estimate of drug-likeness (QED) is 0.336. The number of rotatable bonds is 5. The topological polar surface area (TPSA) is 71.1 Å². The zero-order valence-corrected chi connectivity index (χ0v) is 9.55. The molecule has 0 saturated heterocycles. The number of hydrogen-bond donors (Lipinski definition) is 2. The zero-order chi connectivity index (χ0) is 12.0. The fourth-order valence-electron chi connectivity index (χ4n) is 1.45. The predicted octanol–water partition coefficient (Wildman–Crippen LogP) is 0.873. The third-order valence-electron chi connectivity index (χ3n) is 2.15. The molecular weight excluding hydrogens is 206 g/mol. The molecule has 88 valence electrons. The maximum absolute atomic E-state index is 8.45. The van der Waals surface area contributed by atoms with Gasteiger partial charge < -0.3 is 15.7 Å². The normalized spacial score (nSPS) is 11.8. The van der Waals surface area contributed by atoms with Crippen LogP contribution in [0.25, 0.3) is 0 Å². The van der Waals surface area contributed by atoms with Crippen molar-refractivity contribution in [2.24, 2.45) is 10.9 Å². The highest BCUT2D eigenvalue weighted by Crippen LogP contribution is 2.13. The van der Waals surface area contributed by atoms with Gasteiger partial charge in [0.2, 0.25) is 0 Å². The number of nitrogens with two attached hydrogens (primary N) is 1. The van der Waals surface area contributed by atoms with Crippen LogP contribution >= 0.6 is 0 Å². The highest BCUT2D eigenvalue weighted by atomic mass is 16.5. The SMILES string of the molecule is COc1cccc(CN(C)CC(N)=NO)c1. The molecule has 0 atom stereocenters. The van der Waals surface area contributed by atoms with Crippen molar-refractivity contribution in [3.63, 3.8) is 0 Å². The summed E-state index contributed by atoms with van der Waals surface area (Å²) < 4.78 is 5.13. The number of likely N-dealkylation sites (N-methyl/N-ethyl adjacent to an activating group) is 1. The lowest BCUT2D eigenvalue weighted by Gasteiger charge is -2.15. The first-order chi connectivity index (χ1) is 7.65. The molecule has 1 aromatic carbocycles. The summed E-state index contributed by atoms with van der Waals surface area (Å²) in [6.07, 6.45) is 0. The summed E-state index contributed by atoms with van der Waals surface area (Å²) in [5, 5.41) is 11.4. The summed E-state index contributed by atoms with van der Waals surface area (Å²) in [7, 11) is 3.54. The van der Waals surface area contributed by atoms with Crippen molar-refractivity contribution in [2.45, 2.75) is 6.54 Å². The molecule has 0 bridgehead atoms. The van der Waals surface area contributed by atoms with E-state index in [-0.39, 0.29) is 5.84 Å². The molecule has 1 rings (SSSR count). The van der Waals surface area contributed by atoms with Crippen LogP contribution in [0, 0.1) is 0 Å². The predicted molar refractivity (Wildman–Crippen MR) is 62.7 cm³/mol. The fraction of sp³-hybridized carbons (Fsp3) is 0.364. The van der Waals surface area contributed by atoms with Gasteiger partial charge in [-0.3, -0.25) is 4.90 Å². The van der Waals surface area contributed by atoms with Gasteiger partial charge in [-0.1, -0.05) is 17.3 Å². The number of nitrogens with zero attached hydrogens (tertiary/aromatic N) is 2. The largest absolute Gasteiger partial charge is 0.497 e. The van der Waals surface area contributed by atoms with E-state index >= 15 is 0 Å². The van der Waals surface area contributed by atoms with Crippen LogP contribution in [0.4, 0.5) is 0 Å². The van der Waals surface area contributed by atoms with Crippen LogP contribution in [-0.4, -0.2) is 36.6 Å². The van der Waals surface area contributed by atoms with Gasteiger partial charge in [-0.05, 0) is 24.7 Å². The number of benzene rings is 1. The summed E-state index contributed by atoms with van der Waals surface area (Å²) in [5.41, 5.74) is 6.54. The second kappa shape index (κ2) is 5.97. The van der Waals surface area contributed by atoms with Gasteiger partial charge >= 0.3 is 0 Å². The molecular formula is C11H17N3O2. The Labute approximate surface area is 95.1 Å². The molecule has 0 unspecified atom stereocenters. The summed E-state index contributed by atoms with van der Waals surface area (Å²) >= 11 is 0. The molecule has 0 aliphatic rings. The third-order valence-corrected chi connectivity index (χ3v) is 2.15. The van der Waals surface area contributed by atoms with E-state index in [2.05, 4.69) is 5.16 Å². The Balaban J connectivity index is 2.58. The van der Waals surface area contributed by atoms with Crippen molar-refractivity contribution in [1.82, 2.24) is 4.90 Å². The summed E-state index contributed by atoms with van der Waals surface area (Å²) in [6, 6.07) is 7.80. The Morgan fingerprint density at radius 3 is 2.94 bits per heavy atom. The maximum Gasteiger partial charge on any atom is 0.153 e. The minimum absolute atomic E-state index is 0.199. The number of ether oxygens (including phenoxy) is 1. The van der Waals surface area contributed by atoms with Crippen molar-refractivity contribution in [2.75, 3.05) is 20.7 Å². The van der Waals surface area contributed by atoms with Gasteiger partial charge in [0.25, 0.3) is 0 Å². The molecule has 0 aliphatic heterocycles. The average Bonchev–Trinajstić information content (AvgIpc) is 2.28. The monoisotopic (exact) mass is 223 g/mol. The minimum Gasteiger partial charge on any atom is -0.497 e. The maximum atomic E-state index is 8.45. The van der Waals surface area contributed by atoms with Crippen LogP contribution in [0.1, 0.15) is 5.56 Å². The van der Waals surface area contributed by atoms with Crippen LogP contribution < -0.4 is 10.5 Å². The van der Waals surface area contributed by atoms with Gasteiger partial charge in [0.1, 0.15) is 5.75 Å². The van der Waals surface area contributed by atoms with Gasteiger partial charge in [0.05, 0.1) is 13.7 Å². The molecule has 3 N–H and O–H groups in total. The first-order valence-corrected chi connectivity index (χ1v) is 4.93. The molecule has 0 radical (unpaired) electrons. The highest BCUT2D eigenvalue weighted by molar-refractivity contribution is 5.81. The number of oxime groups is 1. The Kier molecular flexibility index (Phi) is 4.60. The van der Waals surface area contributed by atoms with E-state index in [1.165, 1.54) is 0 Å². The number of amidine groups is 1. The molecule has 5 nitrogen and oxygen atoms in total. The van der Waals surface area contributed by atoms with Crippen LogP contribution in [0.2, 0.25) is 0 Å². The molecule has 0 amide bonds. The molecule has 0 heterocycles. The second-order valence-electron chi connectivity index (χ2n) is 3.62. The van der Waals surface area contributed by atoms with E-state index in [1.54, 1.807) is 7.11 Å². The summed E-state index contributed by atoms with van der Waals surface area (Å²) in [5.74, 6) is 1.03. The summed E-state index contributed by atoms with van der Waals surface area (Å²) in [4.78, 5) is 1.95. The minimum atomic E-state index is 0.199. The molecule has 0 saturated carbocycles.